The van der Waals surface area contributed by atoms with Crippen LogP contribution < -0.4 is 0 Å². The zero-order valence-electron chi connectivity index (χ0n) is 19.7. The maximum Gasteiger partial charge on any atom is 0.248 e. The summed E-state index contributed by atoms with van der Waals surface area (Å²) in [5.74, 6) is 0.768. The highest BCUT2D eigenvalue weighted by atomic mass is 32.2. The molecule has 3 fully saturated rings. The normalized spacial score (nSPS) is 22.0. The first-order valence-electron chi connectivity index (χ1n) is 12.0. The van der Waals surface area contributed by atoms with Crippen LogP contribution in [0.25, 0.3) is 0 Å². The fourth-order valence-corrected chi connectivity index (χ4v) is 6.89. The molecule has 0 bridgehead atoms. The summed E-state index contributed by atoms with van der Waals surface area (Å²) >= 11 is 0. The maximum absolute atomic E-state index is 13.0. The van der Waals surface area contributed by atoms with Crippen LogP contribution in [0.1, 0.15) is 43.6 Å². The van der Waals surface area contributed by atoms with Crippen molar-refractivity contribution in [1.29, 1.82) is 0 Å². The van der Waals surface area contributed by atoms with Gasteiger partial charge in [-0.3, -0.25) is 14.5 Å². The molecule has 3 aliphatic rings. The Bertz CT molecular complexity index is 936. The Labute approximate surface area is 195 Å². The molecule has 10 nitrogen and oxygen atoms in total. The van der Waals surface area contributed by atoms with Gasteiger partial charge in [0, 0.05) is 58.3 Å². The molecule has 2 saturated heterocycles. The first kappa shape index (κ1) is 24.2. The van der Waals surface area contributed by atoms with Gasteiger partial charge in [0.25, 0.3) is 0 Å². The van der Waals surface area contributed by atoms with Gasteiger partial charge in [-0.05, 0) is 26.7 Å². The van der Waals surface area contributed by atoms with Gasteiger partial charge < -0.3 is 14.3 Å². The van der Waals surface area contributed by atoms with Crippen LogP contribution in [0.2, 0.25) is 0 Å². The van der Waals surface area contributed by atoms with Crippen LogP contribution in [0.3, 0.4) is 0 Å². The lowest BCUT2D eigenvalue weighted by atomic mass is 9.88. The van der Waals surface area contributed by atoms with E-state index in [0.717, 1.165) is 25.7 Å². The van der Waals surface area contributed by atoms with E-state index in [1.54, 1.807) is 18.7 Å². The van der Waals surface area contributed by atoms with E-state index in [4.69, 9.17) is 4.52 Å². The number of amides is 2. The van der Waals surface area contributed by atoms with Crippen LogP contribution in [0, 0.1) is 19.8 Å². The number of piperazine rings is 2. The van der Waals surface area contributed by atoms with Gasteiger partial charge in [-0.1, -0.05) is 24.4 Å². The number of aryl methyl sites for hydroxylation is 2. The standard InChI is InChI=1S/C22H35N5O5S/c1-17-21(18(2)32-23-17)33(30,31)27-14-12-25(13-15-27)20(28)16-24-8-10-26(11-9-24)22(29)19-6-4-3-5-7-19/h19H,3-16H2,1-2H3. The lowest BCUT2D eigenvalue weighted by Crippen LogP contribution is -2.55. The second-order valence-corrected chi connectivity index (χ2v) is 11.2. The molecule has 0 aromatic carbocycles. The van der Waals surface area contributed by atoms with E-state index in [-0.39, 0.29) is 41.5 Å². The van der Waals surface area contributed by atoms with E-state index < -0.39 is 10.0 Å². The van der Waals surface area contributed by atoms with Crippen molar-refractivity contribution in [2.75, 3.05) is 58.9 Å². The topological polar surface area (TPSA) is 107 Å². The van der Waals surface area contributed by atoms with E-state index in [1.165, 1.54) is 10.7 Å². The summed E-state index contributed by atoms with van der Waals surface area (Å²) in [4.78, 5) is 31.5. The second kappa shape index (κ2) is 10.1. The van der Waals surface area contributed by atoms with Gasteiger partial charge in [0.15, 0.2) is 5.76 Å². The first-order chi connectivity index (χ1) is 15.8. The summed E-state index contributed by atoms with van der Waals surface area (Å²) in [6, 6.07) is 0. The maximum atomic E-state index is 13.0. The highest BCUT2D eigenvalue weighted by molar-refractivity contribution is 7.89. The van der Waals surface area contributed by atoms with Crippen LogP contribution >= 0.6 is 0 Å². The van der Waals surface area contributed by atoms with Crippen LogP contribution in [-0.2, 0) is 19.6 Å². The minimum atomic E-state index is -3.69. The Morgan fingerprint density at radius 2 is 1.52 bits per heavy atom. The smallest absolute Gasteiger partial charge is 0.248 e. The van der Waals surface area contributed by atoms with Crippen molar-refractivity contribution in [3.63, 3.8) is 0 Å². The molecule has 0 N–H and O–H groups in total. The van der Waals surface area contributed by atoms with Crippen molar-refractivity contribution in [1.82, 2.24) is 24.2 Å². The van der Waals surface area contributed by atoms with Crippen LogP contribution in [-0.4, -0.2) is 103 Å². The molecule has 1 saturated carbocycles. The average molecular weight is 482 g/mol. The third-order valence-corrected chi connectivity index (χ3v) is 9.30. The zero-order chi connectivity index (χ0) is 23.6. The Balaban J connectivity index is 1.23. The van der Waals surface area contributed by atoms with Gasteiger partial charge in [-0.2, -0.15) is 4.31 Å². The van der Waals surface area contributed by atoms with Gasteiger partial charge in [0.05, 0.1) is 6.54 Å². The number of hydrogen-bond donors (Lipinski definition) is 0. The van der Waals surface area contributed by atoms with Crippen molar-refractivity contribution >= 4 is 21.8 Å². The lowest BCUT2D eigenvalue weighted by Gasteiger charge is -2.38. The van der Waals surface area contributed by atoms with Crippen molar-refractivity contribution < 1.29 is 22.5 Å². The summed E-state index contributed by atoms with van der Waals surface area (Å²) < 4.78 is 32.4. The number of rotatable bonds is 5. The number of carbonyl (C=O) groups excluding carboxylic acids is 2. The number of carbonyl (C=O) groups is 2. The molecule has 184 valence electrons. The summed E-state index contributed by atoms with van der Waals surface area (Å²) in [7, 11) is -3.69. The predicted molar refractivity (Wildman–Crippen MR) is 121 cm³/mol. The number of aromatic nitrogens is 1. The van der Waals surface area contributed by atoms with E-state index in [2.05, 4.69) is 10.1 Å². The number of nitrogens with zero attached hydrogens (tertiary/aromatic N) is 5. The molecule has 1 aromatic heterocycles. The number of hydrogen-bond acceptors (Lipinski definition) is 7. The molecular weight excluding hydrogens is 446 g/mol. The summed E-state index contributed by atoms with van der Waals surface area (Å²) in [6.45, 7) is 7.49. The molecule has 0 radical (unpaired) electrons. The van der Waals surface area contributed by atoms with Gasteiger partial charge in [0.2, 0.25) is 21.8 Å². The van der Waals surface area contributed by atoms with E-state index >= 15 is 0 Å². The average Bonchev–Trinajstić information content (AvgIpc) is 3.18. The quantitative estimate of drug-likeness (QED) is 0.614. The molecule has 0 spiro atoms. The fourth-order valence-electron chi connectivity index (χ4n) is 5.18. The first-order valence-corrected chi connectivity index (χ1v) is 13.4. The van der Waals surface area contributed by atoms with Crippen molar-refractivity contribution in [2.24, 2.45) is 5.92 Å². The van der Waals surface area contributed by atoms with E-state index in [0.29, 0.717) is 51.5 Å². The lowest BCUT2D eigenvalue weighted by molar-refractivity contribution is -0.139. The van der Waals surface area contributed by atoms with E-state index in [1.807, 2.05) is 4.90 Å². The van der Waals surface area contributed by atoms with Crippen LogP contribution in [0.4, 0.5) is 0 Å². The molecule has 1 aliphatic carbocycles. The third kappa shape index (κ3) is 5.25. The summed E-state index contributed by atoms with van der Waals surface area (Å²) in [5, 5.41) is 3.75. The Morgan fingerprint density at radius 1 is 0.909 bits per heavy atom. The Kier molecular flexibility index (Phi) is 7.40. The largest absolute Gasteiger partial charge is 0.360 e. The highest BCUT2D eigenvalue weighted by Crippen LogP contribution is 2.26. The molecule has 4 rings (SSSR count). The number of sulfonamides is 1. The van der Waals surface area contributed by atoms with Crippen LogP contribution in [0.5, 0.6) is 0 Å². The van der Waals surface area contributed by atoms with Crippen molar-refractivity contribution in [3.8, 4) is 0 Å². The molecule has 1 aromatic rings. The highest BCUT2D eigenvalue weighted by Gasteiger charge is 2.35. The SMILES string of the molecule is Cc1noc(C)c1S(=O)(=O)N1CCN(C(=O)CN2CCN(C(=O)C3CCCCC3)CC2)CC1. The Morgan fingerprint density at radius 3 is 2.09 bits per heavy atom. The summed E-state index contributed by atoms with van der Waals surface area (Å²) in [6.07, 6.45) is 5.56. The zero-order valence-corrected chi connectivity index (χ0v) is 20.5. The Hall–Kier alpha value is -1.98. The molecule has 33 heavy (non-hydrogen) atoms. The summed E-state index contributed by atoms with van der Waals surface area (Å²) in [5.41, 5.74) is 0.354. The minimum Gasteiger partial charge on any atom is -0.360 e. The second-order valence-electron chi connectivity index (χ2n) is 9.37. The molecule has 2 aliphatic heterocycles. The fraction of sp³-hybridized carbons (Fsp3) is 0.773. The molecular formula is C22H35N5O5S. The minimum absolute atomic E-state index is 0.0106. The van der Waals surface area contributed by atoms with Gasteiger partial charge in [-0.15, -0.1) is 0 Å². The van der Waals surface area contributed by atoms with Crippen molar-refractivity contribution in [3.05, 3.63) is 11.5 Å². The van der Waals surface area contributed by atoms with Gasteiger partial charge in [0.1, 0.15) is 10.6 Å². The third-order valence-electron chi connectivity index (χ3n) is 7.15. The van der Waals surface area contributed by atoms with Crippen molar-refractivity contribution in [2.45, 2.75) is 50.8 Å². The van der Waals surface area contributed by atoms with Crippen LogP contribution in [0.15, 0.2) is 9.42 Å². The predicted octanol–water partition coefficient (Wildman–Crippen LogP) is 0.849. The molecule has 0 unspecified atom stereocenters. The van der Waals surface area contributed by atoms with E-state index in [9.17, 15) is 18.0 Å². The molecule has 2 amide bonds. The monoisotopic (exact) mass is 481 g/mol. The van der Waals surface area contributed by atoms with Gasteiger partial charge >= 0.3 is 0 Å². The molecule has 3 heterocycles. The van der Waals surface area contributed by atoms with Gasteiger partial charge in [-0.25, -0.2) is 8.42 Å². The molecule has 11 heteroatoms. The molecule has 0 atom stereocenters.